The van der Waals surface area contributed by atoms with E-state index in [1.165, 1.54) is 28.9 Å². The van der Waals surface area contributed by atoms with Gasteiger partial charge in [-0.05, 0) is 42.3 Å². The maximum atomic E-state index is 12.8. The number of nitrogens with zero attached hydrogens (tertiary/aromatic N) is 5. The molecule has 35 heavy (non-hydrogen) atoms. The summed E-state index contributed by atoms with van der Waals surface area (Å²) >= 11 is 1.35. The quantitative estimate of drug-likeness (QED) is 0.272. The molecule has 1 aromatic heterocycles. The van der Waals surface area contributed by atoms with Crippen LogP contribution in [0.4, 0.5) is 5.69 Å². The van der Waals surface area contributed by atoms with E-state index in [0.29, 0.717) is 11.7 Å². The van der Waals surface area contributed by atoms with Gasteiger partial charge in [-0.3, -0.25) is 20.3 Å². The van der Waals surface area contributed by atoms with Gasteiger partial charge in [0.25, 0.3) is 11.6 Å². The molecular weight excluding hydrogens is 464 g/mol. The van der Waals surface area contributed by atoms with E-state index in [4.69, 9.17) is 5.41 Å². The Morgan fingerprint density at radius 3 is 2.69 bits per heavy atom. The van der Waals surface area contributed by atoms with E-state index in [0.717, 1.165) is 46.3 Å². The zero-order chi connectivity index (χ0) is 24.5. The highest BCUT2D eigenvalue weighted by Gasteiger charge is 2.35. The molecule has 0 atom stereocenters. The molecule has 3 aromatic rings. The number of aromatic nitrogens is 1. The number of rotatable bonds is 7. The lowest BCUT2D eigenvalue weighted by Gasteiger charge is -2.20. The molecule has 176 valence electrons. The van der Waals surface area contributed by atoms with Crippen LogP contribution < -0.4 is 0 Å². The first-order chi connectivity index (χ1) is 16.9. The van der Waals surface area contributed by atoms with Crippen molar-refractivity contribution in [3.63, 3.8) is 0 Å². The zero-order valence-corrected chi connectivity index (χ0v) is 19.8. The Kier molecular flexibility index (Phi) is 6.04. The molecule has 0 bridgehead atoms. The lowest BCUT2D eigenvalue weighted by molar-refractivity contribution is -0.384. The number of hydrazone groups is 1. The average Bonchev–Trinajstić information content (AvgIpc) is 3.42. The van der Waals surface area contributed by atoms with Crippen molar-refractivity contribution in [3.8, 4) is 0 Å². The number of aliphatic imine (C=N–C) groups is 1. The number of non-ortho nitro benzene ring substituents is 1. The highest BCUT2D eigenvalue weighted by atomic mass is 32.2. The molecule has 0 saturated carbocycles. The summed E-state index contributed by atoms with van der Waals surface area (Å²) in [6, 6.07) is 14.3. The van der Waals surface area contributed by atoms with E-state index in [1.807, 2.05) is 35.0 Å². The summed E-state index contributed by atoms with van der Waals surface area (Å²) < 4.78 is 2.03. The van der Waals surface area contributed by atoms with Gasteiger partial charge in [0.1, 0.15) is 5.04 Å². The minimum absolute atomic E-state index is 0.0196. The third-order valence-corrected chi connectivity index (χ3v) is 6.83. The summed E-state index contributed by atoms with van der Waals surface area (Å²) in [7, 11) is 0. The molecule has 0 fully saturated rings. The van der Waals surface area contributed by atoms with Gasteiger partial charge in [0.15, 0.2) is 5.84 Å². The van der Waals surface area contributed by atoms with E-state index in [1.54, 1.807) is 18.2 Å². The van der Waals surface area contributed by atoms with Gasteiger partial charge >= 0.3 is 0 Å². The summed E-state index contributed by atoms with van der Waals surface area (Å²) in [6.45, 7) is 2.61. The fourth-order valence-electron chi connectivity index (χ4n) is 4.06. The number of carbonyl (C=O) groups is 1. The molecule has 2 aromatic carbocycles. The van der Waals surface area contributed by atoms with Gasteiger partial charge in [0.05, 0.1) is 10.5 Å². The molecular formula is C25H22N6O3S. The molecule has 1 amide bonds. The third-order valence-electron chi connectivity index (χ3n) is 5.86. The number of benzene rings is 2. The Morgan fingerprint density at radius 1 is 1.17 bits per heavy atom. The summed E-state index contributed by atoms with van der Waals surface area (Å²) in [5.74, 6) is -0.431. The fourth-order valence-corrected chi connectivity index (χ4v) is 4.98. The molecule has 0 saturated heterocycles. The smallest absolute Gasteiger partial charge is 0.283 e. The molecule has 3 heterocycles. The molecule has 0 unspecified atom stereocenters. The first-order valence-electron chi connectivity index (χ1n) is 11.2. The zero-order valence-electron chi connectivity index (χ0n) is 19.0. The number of nitrogens with one attached hydrogen (secondary N) is 1. The molecule has 1 N–H and O–H groups in total. The van der Waals surface area contributed by atoms with Gasteiger partial charge in [-0.2, -0.15) is 15.1 Å². The molecule has 2 aliphatic heterocycles. The highest BCUT2D eigenvalue weighted by molar-refractivity contribution is 8.26. The molecule has 10 heteroatoms. The highest BCUT2D eigenvalue weighted by Crippen LogP contribution is 2.31. The lowest BCUT2D eigenvalue weighted by Crippen LogP contribution is -2.35. The standard InChI is InChI=1S/C25H22N6O3S/c1-2-3-8-22-28-30-23(26)20(24(32)27-25(30)35-22)13-17-15-29(21-7-5-4-6-19(17)21)14-16-9-11-18(12-10-16)31(33)34/h4-7,9-13,15,26H,2-3,8,14H2,1H3. The predicted molar refractivity (Wildman–Crippen MR) is 139 cm³/mol. The number of amidine groups is 2. The van der Waals surface area contributed by atoms with E-state index in [-0.39, 0.29) is 17.1 Å². The number of unbranched alkanes of at least 4 members (excludes halogenated alkanes) is 1. The summed E-state index contributed by atoms with van der Waals surface area (Å²) in [6.07, 6.45) is 6.45. The van der Waals surface area contributed by atoms with Gasteiger partial charge in [0, 0.05) is 41.3 Å². The Labute approximate surface area is 205 Å². The van der Waals surface area contributed by atoms with Crippen molar-refractivity contribution in [1.82, 2.24) is 9.58 Å². The van der Waals surface area contributed by atoms with Crippen molar-refractivity contribution in [2.45, 2.75) is 32.7 Å². The van der Waals surface area contributed by atoms with Crippen molar-refractivity contribution in [1.29, 1.82) is 5.41 Å². The number of amides is 1. The molecule has 9 nitrogen and oxygen atoms in total. The normalized spacial score (nSPS) is 16.6. The number of para-hydroxylation sites is 1. The third kappa shape index (κ3) is 4.40. The molecule has 0 radical (unpaired) electrons. The SMILES string of the molecule is CCCCC1=NN2C(=N)C(=Cc3cn(Cc4ccc([N+](=O)[O-])cc4)c4ccccc34)C(=O)N=C2S1. The van der Waals surface area contributed by atoms with Crippen LogP contribution in [0.25, 0.3) is 17.0 Å². The maximum Gasteiger partial charge on any atom is 0.283 e. The van der Waals surface area contributed by atoms with Gasteiger partial charge in [0.2, 0.25) is 5.17 Å². The second-order valence-electron chi connectivity index (χ2n) is 8.27. The molecule has 0 aliphatic carbocycles. The topological polar surface area (TPSA) is 117 Å². The number of fused-ring (bicyclic) bond motifs is 2. The number of thioether (sulfide) groups is 1. The van der Waals surface area contributed by atoms with Gasteiger partial charge in [-0.1, -0.05) is 43.7 Å². The van der Waals surface area contributed by atoms with Crippen LogP contribution in [-0.2, 0) is 11.3 Å². The van der Waals surface area contributed by atoms with E-state index in [9.17, 15) is 14.9 Å². The van der Waals surface area contributed by atoms with Crippen LogP contribution in [0.3, 0.4) is 0 Å². The van der Waals surface area contributed by atoms with Crippen LogP contribution in [0.15, 0.2) is 70.4 Å². The Balaban J connectivity index is 1.48. The number of hydrogen-bond acceptors (Lipinski definition) is 6. The van der Waals surface area contributed by atoms with Crippen LogP contribution in [0.2, 0.25) is 0 Å². The minimum atomic E-state index is -0.451. The monoisotopic (exact) mass is 486 g/mol. The van der Waals surface area contributed by atoms with Gasteiger partial charge in [-0.15, -0.1) is 0 Å². The summed E-state index contributed by atoms with van der Waals surface area (Å²) in [5, 5.41) is 27.8. The van der Waals surface area contributed by atoms with Crippen molar-refractivity contribution in [2.24, 2.45) is 10.1 Å². The number of nitro benzene ring substituents is 1. The second-order valence-corrected chi connectivity index (χ2v) is 9.31. The van der Waals surface area contributed by atoms with Crippen LogP contribution in [-0.4, -0.2) is 36.5 Å². The van der Waals surface area contributed by atoms with Crippen molar-refractivity contribution < 1.29 is 9.72 Å². The molecule has 2 aliphatic rings. The number of carbonyl (C=O) groups excluding carboxylic acids is 1. The Bertz CT molecular complexity index is 1450. The van der Waals surface area contributed by atoms with Crippen molar-refractivity contribution in [3.05, 3.63) is 81.5 Å². The lowest BCUT2D eigenvalue weighted by atomic mass is 10.1. The average molecular weight is 487 g/mol. The maximum absolute atomic E-state index is 12.8. The fraction of sp³-hybridized carbons (Fsp3) is 0.200. The van der Waals surface area contributed by atoms with Gasteiger partial charge < -0.3 is 4.57 Å². The van der Waals surface area contributed by atoms with Crippen molar-refractivity contribution >= 4 is 56.4 Å². The van der Waals surface area contributed by atoms with E-state index >= 15 is 0 Å². The molecule has 0 spiro atoms. The summed E-state index contributed by atoms with van der Waals surface area (Å²) in [4.78, 5) is 27.6. The minimum Gasteiger partial charge on any atom is -0.342 e. The first kappa shape index (κ1) is 22.7. The van der Waals surface area contributed by atoms with Crippen LogP contribution in [0.5, 0.6) is 0 Å². The van der Waals surface area contributed by atoms with Crippen LogP contribution >= 0.6 is 11.8 Å². The predicted octanol–water partition coefficient (Wildman–Crippen LogP) is 5.41. The van der Waals surface area contributed by atoms with E-state index in [2.05, 4.69) is 17.0 Å². The Morgan fingerprint density at radius 2 is 1.94 bits per heavy atom. The second kappa shape index (κ2) is 9.30. The number of nitro groups is 1. The first-order valence-corrected chi connectivity index (χ1v) is 12.1. The van der Waals surface area contributed by atoms with E-state index < -0.39 is 10.8 Å². The Hall–Kier alpha value is -4.05. The van der Waals surface area contributed by atoms with Crippen LogP contribution in [0.1, 0.15) is 37.3 Å². The van der Waals surface area contributed by atoms with Crippen LogP contribution in [0, 0.1) is 15.5 Å². The molecule has 5 rings (SSSR count). The largest absolute Gasteiger partial charge is 0.342 e. The number of hydrogen-bond donors (Lipinski definition) is 1. The van der Waals surface area contributed by atoms with Crippen molar-refractivity contribution in [2.75, 3.05) is 0 Å². The summed E-state index contributed by atoms with van der Waals surface area (Å²) in [5.41, 5.74) is 2.89. The van der Waals surface area contributed by atoms with Gasteiger partial charge in [-0.25, -0.2) is 0 Å².